The Hall–Kier alpha value is -2.67. The van der Waals surface area contributed by atoms with Crippen molar-refractivity contribution in [1.82, 2.24) is 4.98 Å². The number of esters is 2. The predicted molar refractivity (Wildman–Crippen MR) is 95.5 cm³/mol. The Labute approximate surface area is 151 Å². The first-order chi connectivity index (χ1) is 12.6. The van der Waals surface area contributed by atoms with Crippen LogP contribution in [-0.2, 0) is 9.47 Å². The number of rotatable bonds is 9. The molecule has 0 unspecified atom stereocenters. The Kier molecular flexibility index (Phi) is 7.35. The summed E-state index contributed by atoms with van der Waals surface area (Å²) in [7, 11) is 2.53. The van der Waals surface area contributed by atoms with Crippen molar-refractivity contribution in [2.75, 3.05) is 27.4 Å². The lowest BCUT2D eigenvalue weighted by Crippen LogP contribution is -2.10. The van der Waals surface area contributed by atoms with Crippen LogP contribution in [0.2, 0.25) is 0 Å². The number of hydrogen-bond donors (Lipinski definition) is 1. The standard InChI is InChI=1S/C19H23NO6/c1-24-18(22)15-12-17(19(23)25-2)20-16-8-7-13(11-14(15)16)26-10-6-4-3-5-9-21/h7-8,11-12,21H,3-6,9-10H2,1-2H3. The van der Waals surface area contributed by atoms with E-state index in [4.69, 9.17) is 14.6 Å². The van der Waals surface area contributed by atoms with E-state index in [2.05, 4.69) is 9.72 Å². The Morgan fingerprint density at radius 2 is 1.73 bits per heavy atom. The largest absolute Gasteiger partial charge is 0.494 e. The second kappa shape index (κ2) is 9.72. The Morgan fingerprint density at radius 3 is 2.42 bits per heavy atom. The molecule has 26 heavy (non-hydrogen) atoms. The zero-order chi connectivity index (χ0) is 18.9. The van der Waals surface area contributed by atoms with Crippen molar-refractivity contribution in [2.45, 2.75) is 25.7 Å². The first-order valence-corrected chi connectivity index (χ1v) is 8.45. The molecular formula is C19H23NO6. The quantitative estimate of drug-likeness (QED) is 0.542. The van der Waals surface area contributed by atoms with Crippen LogP contribution in [0, 0.1) is 0 Å². The van der Waals surface area contributed by atoms with Gasteiger partial charge in [0, 0.05) is 12.0 Å². The number of carbonyl (C=O) groups excluding carboxylic acids is 2. The summed E-state index contributed by atoms with van der Waals surface area (Å²) < 4.78 is 15.2. The first kappa shape index (κ1) is 19.7. The summed E-state index contributed by atoms with van der Waals surface area (Å²) in [5.41, 5.74) is 0.743. The fraction of sp³-hybridized carbons (Fsp3) is 0.421. The zero-order valence-electron chi connectivity index (χ0n) is 15.0. The van der Waals surface area contributed by atoms with Gasteiger partial charge in [0.25, 0.3) is 0 Å². The van der Waals surface area contributed by atoms with Gasteiger partial charge in [0.1, 0.15) is 11.4 Å². The molecule has 0 spiro atoms. The highest BCUT2D eigenvalue weighted by Crippen LogP contribution is 2.25. The summed E-state index contributed by atoms with van der Waals surface area (Å²) in [6.45, 7) is 0.751. The van der Waals surface area contributed by atoms with Gasteiger partial charge in [-0.25, -0.2) is 14.6 Å². The molecule has 1 aromatic heterocycles. The molecule has 0 radical (unpaired) electrons. The number of hydrogen-bond acceptors (Lipinski definition) is 7. The molecule has 0 aliphatic rings. The third-order valence-corrected chi connectivity index (χ3v) is 3.90. The molecule has 0 saturated carbocycles. The number of nitrogens with zero attached hydrogens (tertiary/aromatic N) is 1. The Balaban J connectivity index is 2.23. The topological polar surface area (TPSA) is 95.0 Å². The number of carbonyl (C=O) groups is 2. The van der Waals surface area contributed by atoms with E-state index in [1.54, 1.807) is 18.2 Å². The highest BCUT2D eigenvalue weighted by Gasteiger charge is 2.18. The molecule has 140 valence electrons. The van der Waals surface area contributed by atoms with Crippen LogP contribution >= 0.6 is 0 Å². The van der Waals surface area contributed by atoms with E-state index < -0.39 is 11.9 Å². The van der Waals surface area contributed by atoms with Crippen LogP contribution < -0.4 is 4.74 Å². The third-order valence-electron chi connectivity index (χ3n) is 3.90. The average Bonchev–Trinajstić information content (AvgIpc) is 2.68. The second-order valence-corrected chi connectivity index (χ2v) is 5.70. The zero-order valence-corrected chi connectivity index (χ0v) is 15.0. The van der Waals surface area contributed by atoms with E-state index in [0.29, 0.717) is 23.3 Å². The van der Waals surface area contributed by atoms with Crippen LogP contribution in [0.5, 0.6) is 5.75 Å². The van der Waals surface area contributed by atoms with Gasteiger partial charge in [-0.05, 0) is 43.5 Å². The number of benzene rings is 1. The molecule has 1 heterocycles. The van der Waals surface area contributed by atoms with E-state index in [1.165, 1.54) is 20.3 Å². The van der Waals surface area contributed by atoms with Gasteiger partial charge in [0.05, 0.1) is 31.9 Å². The van der Waals surface area contributed by atoms with Crippen LogP contribution in [0.4, 0.5) is 0 Å². The molecule has 2 aromatic rings. The van der Waals surface area contributed by atoms with E-state index in [0.717, 1.165) is 25.7 Å². The summed E-state index contributed by atoms with van der Waals surface area (Å²) in [5.74, 6) is -0.582. The summed E-state index contributed by atoms with van der Waals surface area (Å²) in [5, 5.41) is 9.30. The maximum atomic E-state index is 12.1. The second-order valence-electron chi connectivity index (χ2n) is 5.70. The van der Waals surface area contributed by atoms with Crippen LogP contribution in [-0.4, -0.2) is 49.5 Å². The third kappa shape index (κ3) is 4.92. The number of fused-ring (bicyclic) bond motifs is 1. The fourth-order valence-electron chi connectivity index (χ4n) is 2.54. The lowest BCUT2D eigenvalue weighted by atomic mass is 10.1. The molecule has 7 heteroatoms. The highest BCUT2D eigenvalue weighted by atomic mass is 16.5. The van der Waals surface area contributed by atoms with Crippen molar-refractivity contribution in [2.24, 2.45) is 0 Å². The minimum Gasteiger partial charge on any atom is -0.494 e. The highest BCUT2D eigenvalue weighted by molar-refractivity contribution is 6.06. The minimum atomic E-state index is -0.625. The van der Waals surface area contributed by atoms with Gasteiger partial charge in [-0.1, -0.05) is 6.42 Å². The monoisotopic (exact) mass is 361 g/mol. The molecule has 0 atom stereocenters. The number of unbranched alkanes of at least 4 members (excludes halogenated alkanes) is 3. The lowest BCUT2D eigenvalue weighted by molar-refractivity contribution is 0.0594. The van der Waals surface area contributed by atoms with Gasteiger partial charge in [-0.2, -0.15) is 0 Å². The molecule has 0 bridgehead atoms. The van der Waals surface area contributed by atoms with E-state index >= 15 is 0 Å². The molecule has 1 aromatic carbocycles. The molecule has 0 aliphatic heterocycles. The normalized spacial score (nSPS) is 10.6. The van der Waals surface area contributed by atoms with Gasteiger partial charge in [0.2, 0.25) is 0 Å². The van der Waals surface area contributed by atoms with E-state index in [-0.39, 0.29) is 17.9 Å². The van der Waals surface area contributed by atoms with Crippen molar-refractivity contribution in [3.05, 3.63) is 35.5 Å². The Bertz CT molecular complexity index is 774. The maximum absolute atomic E-state index is 12.1. The van der Waals surface area contributed by atoms with E-state index in [1.807, 2.05) is 0 Å². The predicted octanol–water partition coefficient (Wildman–Crippen LogP) is 2.74. The van der Waals surface area contributed by atoms with Crippen molar-refractivity contribution < 1.29 is 28.9 Å². The number of pyridine rings is 1. The smallest absolute Gasteiger partial charge is 0.356 e. The molecule has 0 amide bonds. The number of aliphatic hydroxyl groups is 1. The van der Waals surface area contributed by atoms with Crippen molar-refractivity contribution >= 4 is 22.8 Å². The van der Waals surface area contributed by atoms with Crippen molar-refractivity contribution in [1.29, 1.82) is 0 Å². The number of methoxy groups -OCH3 is 2. The van der Waals surface area contributed by atoms with Gasteiger partial charge < -0.3 is 19.3 Å². The molecule has 1 N–H and O–H groups in total. The number of ether oxygens (including phenoxy) is 3. The first-order valence-electron chi connectivity index (χ1n) is 8.45. The molecule has 0 fully saturated rings. The van der Waals surface area contributed by atoms with Gasteiger partial charge in [0.15, 0.2) is 0 Å². The molecular weight excluding hydrogens is 338 g/mol. The van der Waals surface area contributed by atoms with Crippen molar-refractivity contribution in [3.63, 3.8) is 0 Å². The summed E-state index contributed by atoms with van der Waals surface area (Å²) in [6.07, 6.45) is 3.62. The molecule has 2 rings (SSSR count). The molecule has 0 saturated heterocycles. The fourth-order valence-corrected chi connectivity index (χ4v) is 2.54. The SMILES string of the molecule is COC(=O)c1cc(C(=O)OC)c2cc(OCCCCCCO)ccc2n1. The average molecular weight is 361 g/mol. The van der Waals surface area contributed by atoms with Crippen molar-refractivity contribution in [3.8, 4) is 5.75 Å². The maximum Gasteiger partial charge on any atom is 0.356 e. The minimum absolute atomic E-state index is 0.0398. The lowest BCUT2D eigenvalue weighted by Gasteiger charge is -2.10. The van der Waals surface area contributed by atoms with Gasteiger partial charge >= 0.3 is 11.9 Å². The number of aromatic nitrogens is 1. The van der Waals surface area contributed by atoms with Crippen LogP contribution in [0.1, 0.15) is 46.5 Å². The molecule has 7 nitrogen and oxygen atoms in total. The molecule has 0 aliphatic carbocycles. The van der Waals surface area contributed by atoms with Crippen LogP contribution in [0.25, 0.3) is 10.9 Å². The number of aliphatic hydroxyl groups excluding tert-OH is 1. The van der Waals surface area contributed by atoms with Gasteiger partial charge in [-0.3, -0.25) is 0 Å². The summed E-state index contributed by atoms with van der Waals surface area (Å²) in [4.78, 5) is 28.1. The van der Waals surface area contributed by atoms with Gasteiger partial charge in [-0.15, -0.1) is 0 Å². The van der Waals surface area contributed by atoms with Crippen LogP contribution in [0.3, 0.4) is 0 Å². The Morgan fingerprint density at radius 1 is 1.00 bits per heavy atom. The van der Waals surface area contributed by atoms with Crippen LogP contribution in [0.15, 0.2) is 24.3 Å². The van der Waals surface area contributed by atoms with E-state index in [9.17, 15) is 9.59 Å². The summed E-state index contributed by atoms with van der Waals surface area (Å²) >= 11 is 0. The summed E-state index contributed by atoms with van der Waals surface area (Å²) in [6, 6.07) is 6.50.